The molecular formula is C15H14O2S. The summed E-state index contributed by atoms with van der Waals surface area (Å²) < 4.78 is 17.9. The van der Waals surface area contributed by atoms with Crippen LogP contribution in [-0.2, 0) is 15.5 Å². The minimum absolute atomic E-state index is 0.135. The first-order valence-corrected chi connectivity index (χ1v) is 7.09. The Morgan fingerprint density at radius 2 is 1.78 bits per heavy atom. The predicted molar refractivity (Wildman–Crippen MR) is 71.0 cm³/mol. The lowest BCUT2D eigenvalue weighted by atomic mass is 10.2. The SMILES string of the molecule is Cc1ccc(S(=O)c2ccccc2[C@H]2CO2)cc1. The Hall–Kier alpha value is -1.45. The molecule has 0 radical (unpaired) electrons. The van der Waals surface area contributed by atoms with E-state index in [4.69, 9.17) is 4.74 Å². The molecule has 0 amide bonds. The molecule has 3 heteroatoms. The van der Waals surface area contributed by atoms with Crippen molar-refractivity contribution in [2.24, 2.45) is 0 Å². The van der Waals surface area contributed by atoms with E-state index in [1.807, 2.05) is 55.5 Å². The third-order valence-corrected chi connectivity index (χ3v) is 4.51. The van der Waals surface area contributed by atoms with Crippen molar-refractivity contribution in [2.75, 3.05) is 6.61 Å². The number of benzene rings is 2. The topological polar surface area (TPSA) is 29.6 Å². The van der Waals surface area contributed by atoms with Gasteiger partial charge >= 0.3 is 0 Å². The average molecular weight is 258 g/mol. The smallest absolute Gasteiger partial charge is 0.107 e. The lowest BCUT2D eigenvalue weighted by Crippen LogP contribution is -1.97. The molecule has 1 aliphatic heterocycles. The van der Waals surface area contributed by atoms with Gasteiger partial charge in [0.2, 0.25) is 0 Å². The monoisotopic (exact) mass is 258 g/mol. The highest BCUT2D eigenvalue weighted by Gasteiger charge is 2.28. The summed E-state index contributed by atoms with van der Waals surface area (Å²) in [6.07, 6.45) is 0.135. The molecule has 0 aromatic heterocycles. The van der Waals surface area contributed by atoms with E-state index in [0.29, 0.717) is 0 Å². The van der Waals surface area contributed by atoms with Crippen molar-refractivity contribution in [3.05, 3.63) is 59.7 Å². The number of rotatable bonds is 3. The maximum atomic E-state index is 12.6. The second-order valence-corrected chi connectivity index (χ2v) is 5.89. The summed E-state index contributed by atoms with van der Waals surface area (Å²) in [7, 11) is -1.13. The molecule has 0 saturated carbocycles. The number of epoxide rings is 1. The molecule has 2 atom stereocenters. The van der Waals surface area contributed by atoms with Gasteiger partial charge in [0.25, 0.3) is 0 Å². The summed E-state index contributed by atoms with van der Waals surface area (Å²) in [5, 5.41) is 0. The summed E-state index contributed by atoms with van der Waals surface area (Å²) in [6, 6.07) is 15.6. The van der Waals surface area contributed by atoms with Gasteiger partial charge in [0.05, 0.1) is 17.4 Å². The molecule has 92 valence electrons. The molecule has 1 saturated heterocycles. The van der Waals surface area contributed by atoms with Crippen molar-refractivity contribution in [3.63, 3.8) is 0 Å². The molecule has 18 heavy (non-hydrogen) atoms. The third kappa shape index (κ3) is 2.24. The Balaban J connectivity index is 1.99. The van der Waals surface area contributed by atoms with Gasteiger partial charge in [-0.1, -0.05) is 35.9 Å². The molecule has 1 unspecified atom stereocenters. The zero-order valence-electron chi connectivity index (χ0n) is 10.1. The molecule has 0 spiro atoms. The number of aryl methyl sites for hydroxylation is 1. The second-order valence-electron chi connectivity index (χ2n) is 4.44. The van der Waals surface area contributed by atoms with Crippen LogP contribution in [0.3, 0.4) is 0 Å². The standard InChI is InChI=1S/C15H14O2S/c1-11-6-8-12(9-7-11)18(16)15-5-3-2-4-13(15)14-10-17-14/h2-9,14H,10H2,1H3/t14-,18?/m1/s1. The number of hydrogen-bond donors (Lipinski definition) is 0. The molecule has 1 fully saturated rings. The summed E-state index contributed by atoms with van der Waals surface area (Å²) in [5.41, 5.74) is 2.23. The third-order valence-electron chi connectivity index (χ3n) is 3.03. The summed E-state index contributed by atoms with van der Waals surface area (Å²) in [6.45, 7) is 2.76. The minimum Gasteiger partial charge on any atom is -0.368 e. The van der Waals surface area contributed by atoms with E-state index in [9.17, 15) is 4.21 Å². The number of ether oxygens (including phenoxy) is 1. The molecule has 1 aliphatic rings. The van der Waals surface area contributed by atoms with Gasteiger partial charge in [0, 0.05) is 9.79 Å². The van der Waals surface area contributed by atoms with Crippen molar-refractivity contribution in [1.82, 2.24) is 0 Å². The van der Waals surface area contributed by atoms with Gasteiger partial charge in [0.15, 0.2) is 0 Å². The minimum atomic E-state index is -1.13. The second kappa shape index (κ2) is 4.67. The van der Waals surface area contributed by atoms with E-state index in [1.54, 1.807) is 0 Å². The Morgan fingerprint density at radius 3 is 2.44 bits per heavy atom. The zero-order chi connectivity index (χ0) is 12.5. The van der Waals surface area contributed by atoms with Crippen LogP contribution in [0.1, 0.15) is 17.2 Å². The first-order valence-electron chi connectivity index (χ1n) is 5.94. The van der Waals surface area contributed by atoms with E-state index in [-0.39, 0.29) is 6.10 Å². The van der Waals surface area contributed by atoms with Crippen LogP contribution in [0.25, 0.3) is 0 Å². The number of hydrogen-bond acceptors (Lipinski definition) is 2. The first kappa shape index (κ1) is 11.6. The fraction of sp³-hybridized carbons (Fsp3) is 0.200. The molecular weight excluding hydrogens is 244 g/mol. The van der Waals surface area contributed by atoms with Gasteiger partial charge in [-0.15, -0.1) is 0 Å². The van der Waals surface area contributed by atoms with Crippen LogP contribution in [-0.4, -0.2) is 10.8 Å². The zero-order valence-corrected chi connectivity index (χ0v) is 10.9. The quantitative estimate of drug-likeness (QED) is 0.791. The summed E-state index contributed by atoms with van der Waals surface area (Å²) in [4.78, 5) is 1.71. The van der Waals surface area contributed by atoms with Gasteiger partial charge < -0.3 is 4.74 Å². The van der Waals surface area contributed by atoms with Crippen molar-refractivity contribution >= 4 is 10.8 Å². The average Bonchev–Trinajstić information content (AvgIpc) is 3.23. The van der Waals surface area contributed by atoms with Gasteiger partial charge in [-0.3, -0.25) is 0 Å². The van der Waals surface area contributed by atoms with E-state index in [2.05, 4.69) is 0 Å². The lowest BCUT2D eigenvalue weighted by Gasteiger charge is -2.07. The molecule has 3 rings (SSSR count). The van der Waals surface area contributed by atoms with E-state index < -0.39 is 10.8 Å². The Labute approximate surface area is 109 Å². The van der Waals surface area contributed by atoms with Crippen LogP contribution in [0.4, 0.5) is 0 Å². The van der Waals surface area contributed by atoms with Crippen LogP contribution < -0.4 is 0 Å². The van der Waals surface area contributed by atoms with Crippen LogP contribution in [0, 0.1) is 6.92 Å². The van der Waals surface area contributed by atoms with Crippen molar-refractivity contribution < 1.29 is 8.95 Å². The highest BCUT2D eigenvalue weighted by Crippen LogP contribution is 2.34. The molecule has 0 bridgehead atoms. The fourth-order valence-electron chi connectivity index (χ4n) is 1.93. The molecule has 0 aliphatic carbocycles. The van der Waals surface area contributed by atoms with Crippen molar-refractivity contribution in [2.45, 2.75) is 22.8 Å². The summed E-state index contributed by atoms with van der Waals surface area (Å²) >= 11 is 0. The van der Waals surface area contributed by atoms with Crippen molar-refractivity contribution in [1.29, 1.82) is 0 Å². The molecule has 2 nitrogen and oxygen atoms in total. The lowest BCUT2D eigenvalue weighted by molar-refractivity contribution is 0.413. The van der Waals surface area contributed by atoms with Gasteiger partial charge in [-0.2, -0.15) is 0 Å². The maximum Gasteiger partial charge on any atom is 0.107 e. The van der Waals surface area contributed by atoms with Gasteiger partial charge in [-0.05, 0) is 30.7 Å². The van der Waals surface area contributed by atoms with Crippen molar-refractivity contribution in [3.8, 4) is 0 Å². The molecule has 2 aromatic rings. The summed E-state index contributed by atoms with van der Waals surface area (Å²) in [5.74, 6) is 0. The molecule has 2 aromatic carbocycles. The fourth-order valence-corrected chi connectivity index (χ4v) is 3.18. The highest BCUT2D eigenvalue weighted by atomic mass is 32.2. The molecule has 1 heterocycles. The van der Waals surface area contributed by atoms with Crippen LogP contribution in [0.2, 0.25) is 0 Å². The van der Waals surface area contributed by atoms with Crippen LogP contribution in [0.5, 0.6) is 0 Å². The Kier molecular flexibility index (Phi) is 3.02. The van der Waals surface area contributed by atoms with Crippen LogP contribution >= 0.6 is 0 Å². The van der Waals surface area contributed by atoms with Gasteiger partial charge in [0.1, 0.15) is 6.10 Å². The maximum absolute atomic E-state index is 12.6. The highest BCUT2D eigenvalue weighted by molar-refractivity contribution is 7.85. The largest absolute Gasteiger partial charge is 0.368 e. The van der Waals surface area contributed by atoms with Crippen LogP contribution in [0.15, 0.2) is 58.3 Å². The first-order chi connectivity index (χ1) is 8.75. The van der Waals surface area contributed by atoms with E-state index in [0.717, 1.165) is 22.0 Å². The predicted octanol–water partition coefficient (Wildman–Crippen LogP) is 3.23. The molecule has 0 N–H and O–H groups in total. The Morgan fingerprint density at radius 1 is 1.11 bits per heavy atom. The van der Waals surface area contributed by atoms with E-state index in [1.165, 1.54) is 5.56 Å². The van der Waals surface area contributed by atoms with E-state index >= 15 is 0 Å². The normalized spacial score (nSPS) is 19.5. The van der Waals surface area contributed by atoms with Gasteiger partial charge in [-0.25, -0.2) is 4.21 Å². The Bertz CT molecular complexity index is 586.